The van der Waals surface area contributed by atoms with Gasteiger partial charge in [0.25, 0.3) is 0 Å². The van der Waals surface area contributed by atoms with Gasteiger partial charge in [-0.2, -0.15) is 0 Å². The Morgan fingerprint density at radius 2 is 2.22 bits per heavy atom. The van der Waals surface area contributed by atoms with Crippen LogP contribution in [0.3, 0.4) is 0 Å². The molecule has 0 fully saturated rings. The number of aromatic nitrogens is 4. The Morgan fingerprint density at radius 1 is 1.39 bits per heavy atom. The smallest absolute Gasteiger partial charge is 0.169 e. The van der Waals surface area contributed by atoms with Crippen LogP contribution in [0, 0.1) is 0 Å². The van der Waals surface area contributed by atoms with Gasteiger partial charge >= 0.3 is 0 Å². The number of nitrogens with one attached hydrogen (secondary N) is 1. The molecule has 0 unspecified atom stereocenters. The van der Waals surface area contributed by atoms with Crippen molar-refractivity contribution in [2.45, 2.75) is 6.42 Å². The molecule has 0 amide bonds. The standard InChI is InChI=1S/C12H18N6/c1-4-18-9-16-10-11(14-8-15-12(10)18)13-6-5-7-17(2)3/h4,8-9H,1,5-7H2,2-3H3,(H,13,14,15). The van der Waals surface area contributed by atoms with E-state index in [-0.39, 0.29) is 0 Å². The van der Waals surface area contributed by atoms with Crippen molar-refractivity contribution in [2.24, 2.45) is 0 Å². The van der Waals surface area contributed by atoms with Crippen molar-refractivity contribution in [3.8, 4) is 0 Å². The number of nitrogens with zero attached hydrogens (tertiary/aromatic N) is 5. The van der Waals surface area contributed by atoms with Crippen LogP contribution in [0.1, 0.15) is 6.42 Å². The Kier molecular flexibility index (Phi) is 3.88. The maximum atomic E-state index is 4.30. The summed E-state index contributed by atoms with van der Waals surface area (Å²) in [7, 11) is 4.13. The number of rotatable bonds is 6. The van der Waals surface area contributed by atoms with Gasteiger partial charge < -0.3 is 10.2 Å². The van der Waals surface area contributed by atoms with Crippen LogP contribution in [0.5, 0.6) is 0 Å². The summed E-state index contributed by atoms with van der Waals surface area (Å²) in [5.74, 6) is 0.777. The molecule has 0 aliphatic heterocycles. The van der Waals surface area contributed by atoms with Crippen LogP contribution < -0.4 is 5.32 Å². The number of imidazole rings is 1. The minimum atomic E-state index is 0.773. The Morgan fingerprint density at radius 3 is 2.94 bits per heavy atom. The zero-order valence-corrected chi connectivity index (χ0v) is 10.8. The number of hydrogen-bond acceptors (Lipinski definition) is 5. The SMILES string of the molecule is C=Cn1cnc2c(NCCCN(C)C)ncnc21. The highest BCUT2D eigenvalue weighted by Crippen LogP contribution is 2.16. The third-order valence-electron chi connectivity index (χ3n) is 2.63. The summed E-state index contributed by atoms with van der Waals surface area (Å²) >= 11 is 0. The maximum Gasteiger partial charge on any atom is 0.169 e. The molecule has 2 aromatic rings. The summed E-state index contributed by atoms with van der Waals surface area (Å²) in [5, 5.41) is 3.29. The van der Waals surface area contributed by atoms with Crippen LogP contribution in [0.25, 0.3) is 17.4 Å². The van der Waals surface area contributed by atoms with E-state index in [0.717, 1.165) is 36.5 Å². The van der Waals surface area contributed by atoms with E-state index < -0.39 is 0 Å². The third-order valence-corrected chi connectivity index (χ3v) is 2.63. The van der Waals surface area contributed by atoms with Gasteiger partial charge in [0.15, 0.2) is 17.0 Å². The Labute approximate surface area is 106 Å². The molecule has 96 valence electrons. The Bertz CT molecular complexity index is 530. The van der Waals surface area contributed by atoms with Crippen LogP contribution in [-0.2, 0) is 0 Å². The minimum Gasteiger partial charge on any atom is -0.368 e. The summed E-state index contributed by atoms with van der Waals surface area (Å²) in [4.78, 5) is 14.9. The molecule has 0 radical (unpaired) electrons. The van der Waals surface area contributed by atoms with E-state index in [1.807, 2.05) is 0 Å². The summed E-state index contributed by atoms with van der Waals surface area (Å²) < 4.78 is 1.78. The van der Waals surface area contributed by atoms with E-state index in [1.54, 1.807) is 17.1 Å². The predicted molar refractivity (Wildman–Crippen MR) is 73.4 cm³/mol. The fourth-order valence-electron chi connectivity index (χ4n) is 1.72. The predicted octanol–water partition coefficient (Wildman–Crippen LogP) is 1.29. The van der Waals surface area contributed by atoms with Crippen LogP contribution >= 0.6 is 0 Å². The van der Waals surface area contributed by atoms with Gasteiger partial charge in [-0.25, -0.2) is 15.0 Å². The summed E-state index contributed by atoms with van der Waals surface area (Å²) in [5.41, 5.74) is 1.55. The van der Waals surface area contributed by atoms with Crippen LogP contribution in [-0.4, -0.2) is 51.6 Å². The van der Waals surface area contributed by atoms with E-state index >= 15 is 0 Å². The highest BCUT2D eigenvalue weighted by atomic mass is 15.1. The second kappa shape index (κ2) is 5.59. The van der Waals surface area contributed by atoms with Crippen LogP contribution in [0.2, 0.25) is 0 Å². The molecule has 0 aromatic carbocycles. The average molecular weight is 246 g/mol. The molecule has 2 aromatic heterocycles. The van der Waals surface area contributed by atoms with Gasteiger partial charge in [0.1, 0.15) is 12.7 Å². The van der Waals surface area contributed by atoms with E-state index in [1.165, 1.54) is 6.33 Å². The molecule has 0 saturated heterocycles. The highest BCUT2D eigenvalue weighted by Gasteiger charge is 2.07. The average Bonchev–Trinajstić information content (AvgIpc) is 2.78. The molecule has 6 nitrogen and oxygen atoms in total. The fraction of sp³-hybridized carbons (Fsp3) is 0.417. The molecule has 0 atom stereocenters. The Hall–Kier alpha value is -1.95. The summed E-state index contributed by atoms with van der Waals surface area (Å²) in [6.45, 7) is 5.62. The first kappa shape index (κ1) is 12.5. The molecular weight excluding hydrogens is 228 g/mol. The van der Waals surface area contributed by atoms with E-state index in [4.69, 9.17) is 0 Å². The molecular formula is C12H18N6. The Balaban J connectivity index is 2.09. The monoisotopic (exact) mass is 246 g/mol. The van der Waals surface area contributed by atoms with E-state index in [2.05, 4.69) is 45.8 Å². The molecule has 0 spiro atoms. The molecule has 6 heteroatoms. The van der Waals surface area contributed by atoms with Crippen molar-refractivity contribution in [1.29, 1.82) is 0 Å². The second-order valence-electron chi connectivity index (χ2n) is 4.31. The van der Waals surface area contributed by atoms with Crippen molar-refractivity contribution in [2.75, 3.05) is 32.5 Å². The topological polar surface area (TPSA) is 58.9 Å². The van der Waals surface area contributed by atoms with Gasteiger partial charge in [-0.05, 0) is 27.1 Å². The van der Waals surface area contributed by atoms with Gasteiger partial charge in [0.2, 0.25) is 0 Å². The molecule has 0 saturated carbocycles. The first-order valence-corrected chi connectivity index (χ1v) is 5.91. The molecule has 18 heavy (non-hydrogen) atoms. The normalized spacial score (nSPS) is 11.1. The quantitative estimate of drug-likeness (QED) is 0.778. The van der Waals surface area contributed by atoms with Gasteiger partial charge in [0, 0.05) is 12.7 Å². The number of hydrogen-bond donors (Lipinski definition) is 1. The van der Waals surface area contributed by atoms with Gasteiger partial charge in [0.05, 0.1) is 0 Å². The number of fused-ring (bicyclic) bond motifs is 1. The highest BCUT2D eigenvalue weighted by molar-refractivity contribution is 5.83. The second-order valence-corrected chi connectivity index (χ2v) is 4.31. The molecule has 2 heterocycles. The largest absolute Gasteiger partial charge is 0.368 e. The van der Waals surface area contributed by atoms with E-state index in [0.29, 0.717) is 0 Å². The number of anilines is 1. The van der Waals surface area contributed by atoms with Crippen LogP contribution in [0.4, 0.5) is 5.82 Å². The lowest BCUT2D eigenvalue weighted by atomic mass is 10.4. The van der Waals surface area contributed by atoms with Crippen LogP contribution in [0.15, 0.2) is 19.2 Å². The zero-order valence-electron chi connectivity index (χ0n) is 10.8. The maximum absolute atomic E-state index is 4.30. The first-order valence-electron chi connectivity index (χ1n) is 5.91. The molecule has 0 aliphatic carbocycles. The van der Waals surface area contributed by atoms with Crippen molar-refractivity contribution in [1.82, 2.24) is 24.4 Å². The summed E-state index contributed by atoms with van der Waals surface area (Å²) in [6, 6.07) is 0. The first-order chi connectivity index (χ1) is 8.72. The van der Waals surface area contributed by atoms with E-state index in [9.17, 15) is 0 Å². The molecule has 0 aliphatic rings. The van der Waals surface area contributed by atoms with Crippen molar-refractivity contribution in [3.63, 3.8) is 0 Å². The third kappa shape index (κ3) is 2.65. The van der Waals surface area contributed by atoms with Crippen molar-refractivity contribution < 1.29 is 0 Å². The lowest BCUT2D eigenvalue weighted by Crippen LogP contribution is -2.16. The molecule has 1 N–H and O–H groups in total. The minimum absolute atomic E-state index is 0.773. The van der Waals surface area contributed by atoms with Crippen molar-refractivity contribution >= 4 is 23.2 Å². The summed E-state index contributed by atoms with van der Waals surface area (Å²) in [6.07, 6.45) is 5.97. The van der Waals surface area contributed by atoms with Gasteiger partial charge in [-0.15, -0.1) is 0 Å². The van der Waals surface area contributed by atoms with Gasteiger partial charge in [-0.3, -0.25) is 4.57 Å². The fourth-order valence-corrected chi connectivity index (χ4v) is 1.72. The molecule has 2 rings (SSSR count). The molecule has 0 bridgehead atoms. The zero-order chi connectivity index (χ0) is 13.0. The van der Waals surface area contributed by atoms with Crippen molar-refractivity contribution in [3.05, 3.63) is 19.2 Å². The lowest BCUT2D eigenvalue weighted by Gasteiger charge is -2.10. The lowest BCUT2D eigenvalue weighted by molar-refractivity contribution is 0.405. The van der Waals surface area contributed by atoms with Gasteiger partial charge in [-0.1, -0.05) is 6.58 Å².